The van der Waals surface area contributed by atoms with E-state index < -0.39 is 0 Å². The van der Waals surface area contributed by atoms with Gasteiger partial charge in [0.1, 0.15) is 5.75 Å². The van der Waals surface area contributed by atoms with Crippen molar-refractivity contribution in [1.29, 1.82) is 0 Å². The van der Waals surface area contributed by atoms with E-state index in [0.717, 1.165) is 30.9 Å². The van der Waals surface area contributed by atoms with Gasteiger partial charge in [-0.1, -0.05) is 0 Å². The van der Waals surface area contributed by atoms with Crippen molar-refractivity contribution in [2.45, 2.75) is 25.9 Å². The van der Waals surface area contributed by atoms with Crippen molar-refractivity contribution in [2.75, 3.05) is 38.3 Å². The van der Waals surface area contributed by atoms with Crippen LogP contribution in [0.25, 0.3) is 0 Å². The number of carbonyl (C=O) groups excluding carboxylic acids is 1. The van der Waals surface area contributed by atoms with Gasteiger partial charge in [0.15, 0.2) is 0 Å². The molecule has 1 saturated heterocycles. The van der Waals surface area contributed by atoms with Crippen LogP contribution in [0.4, 0.5) is 5.69 Å². The minimum atomic E-state index is 0.0156. The fourth-order valence-corrected chi connectivity index (χ4v) is 2.36. The minimum Gasteiger partial charge on any atom is -0.494 e. The summed E-state index contributed by atoms with van der Waals surface area (Å²) in [5.74, 6) is 0.861. The van der Waals surface area contributed by atoms with Crippen LogP contribution in [0.1, 0.15) is 19.8 Å². The predicted octanol–water partition coefficient (Wildman–Crippen LogP) is 1.82. The van der Waals surface area contributed by atoms with E-state index in [0.29, 0.717) is 19.7 Å². The number of hydrogen-bond donors (Lipinski definition) is 1. The summed E-state index contributed by atoms with van der Waals surface area (Å²) in [4.78, 5) is 13.8. The van der Waals surface area contributed by atoms with E-state index in [1.165, 1.54) is 0 Å². The SMILES string of the molecule is CCOc1ccc(N(C)CC(=O)NC[C@H]2CCCO2)cc1. The normalized spacial score (nSPS) is 17.5. The van der Waals surface area contributed by atoms with E-state index >= 15 is 0 Å². The molecule has 1 N–H and O–H groups in total. The van der Waals surface area contributed by atoms with Crippen LogP contribution < -0.4 is 15.0 Å². The number of nitrogens with zero attached hydrogens (tertiary/aromatic N) is 1. The summed E-state index contributed by atoms with van der Waals surface area (Å²) in [5.41, 5.74) is 0.991. The molecule has 0 saturated carbocycles. The van der Waals surface area contributed by atoms with Gasteiger partial charge in [-0.2, -0.15) is 0 Å². The molecule has 0 bridgehead atoms. The van der Waals surface area contributed by atoms with Crippen LogP contribution in [0, 0.1) is 0 Å². The molecular formula is C16H24N2O3. The van der Waals surface area contributed by atoms with Gasteiger partial charge in [0, 0.05) is 25.9 Å². The molecule has 21 heavy (non-hydrogen) atoms. The number of benzene rings is 1. The fourth-order valence-electron chi connectivity index (χ4n) is 2.36. The number of ether oxygens (including phenoxy) is 2. The van der Waals surface area contributed by atoms with E-state index in [4.69, 9.17) is 9.47 Å². The Morgan fingerprint density at radius 2 is 2.19 bits per heavy atom. The van der Waals surface area contributed by atoms with Gasteiger partial charge in [-0.05, 0) is 44.0 Å². The molecule has 0 aromatic heterocycles. The lowest BCUT2D eigenvalue weighted by atomic mass is 10.2. The van der Waals surface area contributed by atoms with Crippen molar-refractivity contribution in [2.24, 2.45) is 0 Å². The van der Waals surface area contributed by atoms with Crippen LogP contribution in [0.3, 0.4) is 0 Å². The van der Waals surface area contributed by atoms with Gasteiger partial charge in [0.25, 0.3) is 0 Å². The molecule has 1 aliphatic heterocycles. The maximum absolute atomic E-state index is 11.9. The van der Waals surface area contributed by atoms with Crippen LogP contribution in [0.15, 0.2) is 24.3 Å². The van der Waals surface area contributed by atoms with E-state index in [1.54, 1.807) is 0 Å². The number of anilines is 1. The molecule has 1 fully saturated rings. The van der Waals surface area contributed by atoms with E-state index in [-0.39, 0.29) is 12.0 Å². The first kappa shape index (κ1) is 15.6. The maximum atomic E-state index is 11.9. The third-order valence-electron chi connectivity index (χ3n) is 3.52. The molecule has 1 amide bonds. The van der Waals surface area contributed by atoms with Crippen LogP contribution in [0.2, 0.25) is 0 Å². The van der Waals surface area contributed by atoms with Crippen molar-refractivity contribution in [3.8, 4) is 5.75 Å². The molecule has 1 aromatic carbocycles. The van der Waals surface area contributed by atoms with Gasteiger partial charge >= 0.3 is 0 Å². The summed E-state index contributed by atoms with van der Waals surface area (Å²) >= 11 is 0. The zero-order valence-electron chi connectivity index (χ0n) is 12.8. The van der Waals surface area contributed by atoms with Crippen molar-refractivity contribution in [3.63, 3.8) is 0 Å². The standard InChI is InChI=1S/C16H24N2O3/c1-3-20-14-8-6-13(7-9-14)18(2)12-16(19)17-11-15-5-4-10-21-15/h6-9,15H,3-5,10-12H2,1-2H3,(H,17,19)/t15-/m1/s1. The Labute approximate surface area is 126 Å². The van der Waals surface area contributed by atoms with Gasteiger partial charge < -0.3 is 19.7 Å². The van der Waals surface area contributed by atoms with E-state index in [9.17, 15) is 4.79 Å². The fraction of sp³-hybridized carbons (Fsp3) is 0.562. The van der Waals surface area contributed by atoms with Crippen LogP contribution in [-0.4, -0.2) is 45.4 Å². The number of likely N-dealkylation sites (N-methyl/N-ethyl adjacent to an activating group) is 1. The second-order valence-corrected chi connectivity index (χ2v) is 5.22. The predicted molar refractivity (Wildman–Crippen MR) is 82.9 cm³/mol. The van der Waals surface area contributed by atoms with Crippen molar-refractivity contribution >= 4 is 11.6 Å². The summed E-state index contributed by atoms with van der Waals surface area (Å²) in [6.45, 7) is 4.36. The minimum absolute atomic E-state index is 0.0156. The second-order valence-electron chi connectivity index (χ2n) is 5.22. The summed E-state index contributed by atoms with van der Waals surface area (Å²) in [7, 11) is 1.90. The molecule has 0 unspecified atom stereocenters. The third kappa shape index (κ3) is 4.93. The lowest BCUT2D eigenvalue weighted by molar-refractivity contribution is -0.120. The molecule has 1 aromatic rings. The third-order valence-corrected chi connectivity index (χ3v) is 3.52. The Kier molecular flexibility index (Phi) is 5.87. The van der Waals surface area contributed by atoms with Crippen LogP contribution >= 0.6 is 0 Å². The Morgan fingerprint density at radius 1 is 1.43 bits per heavy atom. The lowest BCUT2D eigenvalue weighted by Gasteiger charge is -2.20. The number of amides is 1. The summed E-state index contributed by atoms with van der Waals surface area (Å²) in [5, 5.41) is 2.93. The first-order valence-corrected chi connectivity index (χ1v) is 7.51. The first-order chi connectivity index (χ1) is 10.2. The Bertz CT molecular complexity index is 441. The van der Waals surface area contributed by atoms with Gasteiger partial charge in [0.2, 0.25) is 5.91 Å². The molecule has 0 radical (unpaired) electrons. The number of rotatable bonds is 7. The molecule has 116 valence electrons. The van der Waals surface area contributed by atoms with E-state index in [2.05, 4.69) is 5.32 Å². The molecule has 1 atom stereocenters. The number of carbonyl (C=O) groups is 1. The van der Waals surface area contributed by atoms with Gasteiger partial charge in [-0.3, -0.25) is 4.79 Å². The smallest absolute Gasteiger partial charge is 0.239 e. The second kappa shape index (κ2) is 7.88. The van der Waals surface area contributed by atoms with Gasteiger partial charge in [-0.15, -0.1) is 0 Å². The first-order valence-electron chi connectivity index (χ1n) is 7.51. The monoisotopic (exact) mass is 292 g/mol. The Balaban J connectivity index is 1.76. The lowest BCUT2D eigenvalue weighted by Crippen LogP contribution is -2.38. The highest BCUT2D eigenvalue weighted by Gasteiger charge is 2.16. The molecule has 2 rings (SSSR count). The van der Waals surface area contributed by atoms with Gasteiger partial charge in [0.05, 0.1) is 19.3 Å². The Morgan fingerprint density at radius 3 is 2.81 bits per heavy atom. The summed E-state index contributed by atoms with van der Waals surface area (Å²) in [6, 6.07) is 7.75. The van der Waals surface area contributed by atoms with Crippen LogP contribution in [0.5, 0.6) is 5.75 Å². The highest BCUT2D eigenvalue weighted by Crippen LogP contribution is 2.18. The highest BCUT2D eigenvalue weighted by molar-refractivity contribution is 5.81. The molecule has 5 heteroatoms. The molecular weight excluding hydrogens is 268 g/mol. The average molecular weight is 292 g/mol. The zero-order chi connectivity index (χ0) is 15.1. The topological polar surface area (TPSA) is 50.8 Å². The quantitative estimate of drug-likeness (QED) is 0.833. The van der Waals surface area contributed by atoms with Gasteiger partial charge in [-0.25, -0.2) is 0 Å². The van der Waals surface area contributed by atoms with Crippen molar-refractivity contribution in [1.82, 2.24) is 5.32 Å². The molecule has 5 nitrogen and oxygen atoms in total. The molecule has 1 heterocycles. The summed E-state index contributed by atoms with van der Waals surface area (Å²) < 4.78 is 10.9. The van der Waals surface area contributed by atoms with E-state index in [1.807, 2.05) is 43.1 Å². The largest absolute Gasteiger partial charge is 0.494 e. The molecule has 1 aliphatic rings. The zero-order valence-corrected chi connectivity index (χ0v) is 12.8. The molecule has 0 aliphatic carbocycles. The summed E-state index contributed by atoms with van der Waals surface area (Å²) in [6.07, 6.45) is 2.31. The van der Waals surface area contributed by atoms with Crippen LogP contribution in [-0.2, 0) is 9.53 Å². The maximum Gasteiger partial charge on any atom is 0.239 e. The highest BCUT2D eigenvalue weighted by atomic mass is 16.5. The number of hydrogen-bond acceptors (Lipinski definition) is 4. The van der Waals surface area contributed by atoms with Crippen molar-refractivity contribution < 1.29 is 14.3 Å². The Hall–Kier alpha value is -1.75. The number of nitrogens with one attached hydrogen (secondary N) is 1. The average Bonchev–Trinajstić information content (AvgIpc) is 2.99. The molecule has 0 spiro atoms. The van der Waals surface area contributed by atoms with Crippen molar-refractivity contribution in [3.05, 3.63) is 24.3 Å².